The van der Waals surface area contributed by atoms with Crippen LogP contribution in [0.1, 0.15) is 45.1 Å². The molecule has 1 atom stereocenters. The minimum absolute atomic E-state index is 0.0759. The van der Waals surface area contributed by atoms with E-state index in [2.05, 4.69) is 0 Å². The Hall–Kier alpha value is -2.04. The minimum Gasteiger partial charge on any atom is -0.496 e. The maximum atomic E-state index is 13.1. The van der Waals surface area contributed by atoms with Crippen LogP contribution in [0.15, 0.2) is 24.3 Å². The second kappa shape index (κ2) is 7.69. The Kier molecular flexibility index (Phi) is 5.86. The highest BCUT2D eigenvalue weighted by Gasteiger charge is 2.37. The van der Waals surface area contributed by atoms with Crippen molar-refractivity contribution in [2.75, 3.05) is 20.2 Å². The number of aliphatic carboxylic acids is 1. The predicted octanol–water partition coefficient (Wildman–Crippen LogP) is 3.08. The molecule has 0 bridgehead atoms. The van der Waals surface area contributed by atoms with Gasteiger partial charge in [-0.3, -0.25) is 9.59 Å². The Bertz CT molecular complexity index is 597. The molecule has 5 nitrogen and oxygen atoms in total. The first-order valence-corrected chi connectivity index (χ1v) is 8.51. The van der Waals surface area contributed by atoms with Crippen LogP contribution in [0.25, 0.3) is 0 Å². The fourth-order valence-corrected chi connectivity index (χ4v) is 3.48. The lowest BCUT2D eigenvalue weighted by atomic mass is 9.81. The van der Waals surface area contributed by atoms with E-state index < -0.39 is 11.4 Å². The fourth-order valence-electron chi connectivity index (χ4n) is 3.48. The molecule has 0 aromatic heterocycles. The zero-order valence-corrected chi connectivity index (χ0v) is 14.7. The van der Waals surface area contributed by atoms with E-state index in [4.69, 9.17) is 9.84 Å². The number of rotatable bonds is 6. The first kappa shape index (κ1) is 18.3. The Morgan fingerprint density at radius 1 is 1.33 bits per heavy atom. The monoisotopic (exact) mass is 333 g/mol. The summed E-state index contributed by atoms with van der Waals surface area (Å²) in [5, 5.41) is 8.86. The van der Waals surface area contributed by atoms with Crippen LogP contribution < -0.4 is 4.74 Å². The SMILES string of the molecule is COc1ccccc1C(C)(C)C(=O)N1CCCC(CCC(=O)O)C1. The maximum Gasteiger partial charge on any atom is 0.303 e. The summed E-state index contributed by atoms with van der Waals surface area (Å²) in [5.41, 5.74) is 0.201. The number of amides is 1. The Balaban J connectivity index is 2.12. The second-order valence-corrected chi connectivity index (χ2v) is 7.02. The topological polar surface area (TPSA) is 66.8 Å². The molecule has 0 aliphatic carbocycles. The molecule has 1 fully saturated rings. The van der Waals surface area contributed by atoms with Gasteiger partial charge in [0.1, 0.15) is 5.75 Å². The van der Waals surface area contributed by atoms with Crippen molar-refractivity contribution in [1.29, 1.82) is 0 Å². The van der Waals surface area contributed by atoms with Crippen molar-refractivity contribution in [3.63, 3.8) is 0 Å². The van der Waals surface area contributed by atoms with E-state index in [9.17, 15) is 9.59 Å². The molecule has 1 aromatic rings. The second-order valence-electron chi connectivity index (χ2n) is 7.02. The summed E-state index contributed by atoms with van der Waals surface area (Å²) in [7, 11) is 1.61. The molecule has 2 rings (SSSR count). The lowest BCUT2D eigenvalue weighted by molar-refractivity contribution is -0.138. The largest absolute Gasteiger partial charge is 0.496 e. The smallest absolute Gasteiger partial charge is 0.303 e. The highest BCUT2D eigenvalue weighted by Crippen LogP contribution is 2.34. The zero-order valence-electron chi connectivity index (χ0n) is 14.7. The number of nitrogens with zero attached hydrogens (tertiary/aromatic N) is 1. The number of likely N-dealkylation sites (tertiary alicyclic amines) is 1. The number of carboxylic acid groups (broad SMARTS) is 1. The van der Waals surface area contributed by atoms with Crippen molar-refractivity contribution < 1.29 is 19.4 Å². The average molecular weight is 333 g/mol. The number of hydrogen-bond donors (Lipinski definition) is 1. The van der Waals surface area contributed by atoms with E-state index in [0.29, 0.717) is 13.0 Å². The molecule has 1 amide bonds. The molecule has 1 aliphatic heterocycles. The average Bonchev–Trinajstić information content (AvgIpc) is 2.59. The molecule has 1 aliphatic rings. The third-order valence-electron chi connectivity index (χ3n) is 4.89. The van der Waals surface area contributed by atoms with Crippen molar-refractivity contribution in [2.45, 2.75) is 44.9 Å². The van der Waals surface area contributed by atoms with Gasteiger partial charge in [0, 0.05) is 25.1 Å². The Morgan fingerprint density at radius 2 is 2.04 bits per heavy atom. The van der Waals surface area contributed by atoms with Crippen LogP contribution in [0.4, 0.5) is 0 Å². The molecule has 1 unspecified atom stereocenters. The van der Waals surface area contributed by atoms with E-state index in [1.807, 2.05) is 43.0 Å². The first-order valence-electron chi connectivity index (χ1n) is 8.51. The van der Waals surface area contributed by atoms with Gasteiger partial charge in [0.2, 0.25) is 5.91 Å². The van der Waals surface area contributed by atoms with Gasteiger partial charge in [0.05, 0.1) is 12.5 Å². The van der Waals surface area contributed by atoms with Crippen LogP contribution in [0.3, 0.4) is 0 Å². The molecule has 0 saturated carbocycles. The summed E-state index contributed by atoms with van der Waals surface area (Å²) < 4.78 is 5.42. The van der Waals surface area contributed by atoms with Crippen molar-refractivity contribution in [1.82, 2.24) is 4.90 Å². The molecule has 132 valence electrons. The standard InChI is InChI=1S/C19H27NO4/c1-19(2,15-8-4-5-9-16(15)24-3)18(23)20-12-6-7-14(13-20)10-11-17(21)22/h4-5,8-9,14H,6-7,10-13H2,1-3H3,(H,21,22). The molecule has 1 heterocycles. The summed E-state index contributed by atoms with van der Waals surface area (Å²) in [6, 6.07) is 7.61. The molecule has 5 heteroatoms. The van der Waals surface area contributed by atoms with Crippen molar-refractivity contribution >= 4 is 11.9 Å². The predicted molar refractivity (Wildman–Crippen MR) is 92.2 cm³/mol. The normalized spacial score (nSPS) is 18.3. The molecule has 24 heavy (non-hydrogen) atoms. The van der Waals surface area contributed by atoms with Gasteiger partial charge < -0.3 is 14.7 Å². The summed E-state index contributed by atoms with van der Waals surface area (Å²) >= 11 is 0. The van der Waals surface area contributed by atoms with E-state index in [-0.39, 0.29) is 18.2 Å². The van der Waals surface area contributed by atoms with Gasteiger partial charge in [-0.05, 0) is 45.1 Å². The van der Waals surface area contributed by atoms with Crippen molar-refractivity contribution in [3.8, 4) is 5.75 Å². The number of para-hydroxylation sites is 1. The van der Waals surface area contributed by atoms with Crippen LogP contribution >= 0.6 is 0 Å². The summed E-state index contributed by atoms with van der Waals surface area (Å²) in [5.74, 6) is 0.294. The molecule has 0 radical (unpaired) electrons. The van der Waals surface area contributed by atoms with Gasteiger partial charge in [0.15, 0.2) is 0 Å². The number of benzene rings is 1. The fraction of sp³-hybridized carbons (Fsp3) is 0.579. The summed E-state index contributed by atoms with van der Waals surface area (Å²) in [4.78, 5) is 25.8. The number of carboxylic acids is 1. The van der Waals surface area contributed by atoms with E-state index in [1.165, 1.54) is 0 Å². The lowest BCUT2D eigenvalue weighted by Crippen LogP contribution is -2.48. The number of ether oxygens (including phenoxy) is 1. The molecular formula is C19H27NO4. The van der Waals surface area contributed by atoms with Gasteiger partial charge in [-0.25, -0.2) is 0 Å². The van der Waals surface area contributed by atoms with Crippen molar-refractivity contribution in [2.24, 2.45) is 5.92 Å². The van der Waals surface area contributed by atoms with Crippen LogP contribution in [0.5, 0.6) is 5.75 Å². The maximum absolute atomic E-state index is 13.1. The third kappa shape index (κ3) is 4.08. The number of methoxy groups -OCH3 is 1. The highest BCUT2D eigenvalue weighted by atomic mass is 16.5. The first-order chi connectivity index (χ1) is 11.4. The number of piperidine rings is 1. The molecule has 1 aromatic carbocycles. The Labute approximate surface area is 143 Å². The van der Waals surface area contributed by atoms with E-state index >= 15 is 0 Å². The third-order valence-corrected chi connectivity index (χ3v) is 4.89. The molecule has 1 N–H and O–H groups in total. The van der Waals surface area contributed by atoms with Crippen LogP contribution in [0.2, 0.25) is 0 Å². The van der Waals surface area contributed by atoms with Gasteiger partial charge in [-0.15, -0.1) is 0 Å². The van der Waals surface area contributed by atoms with Gasteiger partial charge in [-0.1, -0.05) is 18.2 Å². The van der Waals surface area contributed by atoms with Gasteiger partial charge in [-0.2, -0.15) is 0 Å². The quantitative estimate of drug-likeness (QED) is 0.869. The van der Waals surface area contributed by atoms with E-state index in [1.54, 1.807) is 7.11 Å². The summed E-state index contributed by atoms with van der Waals surface area (Å²) in [6.45, 7) is 5.23. The zero-order chi connectivity index (χ0) is 17.7. The lowest BCUT2D eigenvalue weighted by Gasteiger charge is -2.38. The van der Waals surface area contributed by atoms with Crippen LogP contribution in [-0.2, 0) is 15.0 Å². The molecular weight excluding hydrogens is 306 g/mol. The van der Waals surface area contributed by atoms with Crippen LogP contribution in [-0.4, -0.2) is 42.1 Å². The van der Waals surface area contributed by atoms with Gasteiger partial charge in [0.25, 0.3) is 0 Å². The number of carbonyl (C=O) groups is 2. The minimum atomic E-state index is -0.771. The number of hydrogen-bond acceptors (Lipinski definition) is 3. The van der Waals surface area contributed by atoms with Gasteiger partial charge >= 0.3 is 5.97 Å². The summed E-state index contributed by atoms with van der Waals surface area (Å²) in [6.07, 6.45) is 2.72. The highest BCUT2D eigenvalue weighted by molar-refractivity contribution is 5.88. The van der Waals surface area contributed by atoms with Crippen molar-refractivity contribution in [3.05, 3.63) is 29.8 Å². The number of carbonyl (C=O) groups excluding carboxylic acids is 1. The Morgan fingerprint density at radius 3 is 2.71 bits per heavy atom. The van der Waals surface area contributed by atoms with E-state index in [0.717, 1.165) is 30.7 Å². The molecule has 0 spiro atoms. The van der Waals surface area contributed by atoms with Crippen LogP contribution in [0, 0.1) is 5.92 Å². The molecule has 1 saturated heterocycles.